The van der Waals surface area contributed by atoms with Gasteiger partial charge in [-0.2, -0.15) is 0 Å². The molecule has 0 saturated carbocycles. The molecule has 2 aromatic carbocycles. The Morgan fingerprint density at radius 3 is 2.55 bits per heavy atom. The lowest BCUT2D eigenvalue weighted by molar-refractivity contribution is -0.0265. The number of aliphatic imine (C=N–C) groups is 1. The molecular formula is C25H36IN3O2. The first-order chi connectivity index (χ1) is 14.7. The first-order valence-electron chi connectivity index (χ1n) is 11.0. The van der Waals surface area contributed by atoms with Crippen LogP contribution >= 0.6 is 24.0 Å². The van der Waals surface area contributed by atoms with Crippen LogP contribution in [0.15, 0.2) is 53.5 Å². The summed E-state index contributed by atoms with van der Waals surface area (Å²) in [6.07, 6.45) is 2.39. The van der Waals surface area contributed by atoms with Crippen LogP contribution < -0.4 is 10.6 Å². The van der Waals surface area contributed by atoms with Gasteiger partial charge in [0.25, 0.3) is 0 Å². The number of hydrogen-bond donors (Lipinski definition) is 2. The summed E-state index contributed by atoms with van der Waals surface area (Å²) in [6.45, 7) is 7.94. The van der Waals surface area contributed by atoms with Crippen LogP contribution in [0.5, 0.6) is 0 Å². The molecule has 2 aromatic rings. The summed E-state index contributed by atoms with van der Waals surface area (Å²) in [5.74, 6) is 1.27. The molecule has 3 rings (SSSR count). The zero-order chi connectivity index (χ0) is 21.2. The van der Waals surface area contributed by atoms with E-state index < -0.39 is 0 Å². The quantitative estimate of drug-likeness (QED) is 0.283. The Morgan fingerprint density at radius 2 is 1.84 bits per heavy atom. The molecular weight excluding hydrogens is 501 g/mol. The second-order valence-corrected chi connectivity index (χ2v) is 7.88. The molecule has 2 N–H and O–H groups in total. The number of hydrogen-bond acceptors (Lipinski definition) is 3. The average Bonchev–Trinajstić information content (AvgIpc) is 2.77. The first-order valence-corrected chi connectivity index (χ1v) is 11.0. The fourth-order valence-corrected chi connectivity index (χ4v) is 3.92. The van der Waals surface area contributed by atoms with Gasteiger partial charge in [0.15, 0.2) is 5.96 Å². The summed E-state index contributed by atoms with van der Waals surface area (Å²) in [5.41, 5.74) is 4.91. The van der Waals surface area contributed by atoms with E-state index in [0.717, 1.165) is 38.5 Å². The summed E-state index contributed by atoms with van der Waals surface area (Å²) in [6, 6.07) is 17.0. The van der Waals surface area contributed by atoms with Crippen molar-refractivity contribution in [3.8, 4) is 0 Å². The van der Waals surface area contributed by atoms with E-state index >= 15 is 0 Å². The van der Waals surface area contributed by atoms with Crippen LogP contribution in [0.25, 0.3) is 0 Å². The molecule has 1 aliphatic rings. The molecule has 31 heavy (non-hydrogen) atoms. The highest BCUT2D eigenvalue weighted by Gasteiger charge is 2.27. The van der Waals surface area contributed by atoms with Crippen LogP contribution in [0.2, 0.25) is 0 Å². The van der Waals surface area contributed by atoms with Gasteiger partial charge in [0, 0.05) is 32.7 Å². The smallest absolute Gasteiger partial charge is 0.191 e. The van der Waals surface area contributed by atoms with E-state index in [1.54, 1.807) is 7.11 Å². The fourth-order valence-electron chi connectivity index (χ4n) is 3.92. The van der Waals surface area contributed by atoms with E-state index in [9.17, 15) is 0 Å². The molecule has 1 heterocycles. The lowest BCUT2D eigenvalue weighted by Crippen LogP contribution is -2.42. The van der Waals surface area contributed by atoms with E-state index in [1.807, 2.05) is 6.07 Å². The van der Waals surface area contributed by atoms with Crippen molar-refractivity contribution >= 4 is 29.9 Å². The Bertz CT molecular complexity index is 811. The summed E-state index contributed by atoms with van der Waals surface area (Å²) in [5, 5.41) is 6.92. The lowest BCUT2D eigenvalue weighted by Gasteiger charge is -2.32. The molecule has 170 valence electrons. The third-order valence-electron chi connectivity index (χ3n) is 5.55. The number of nitrogens with one attached hydrogen (secondary N) is 2. The zero-order valence-corrected chi connectivity index (χ0v) is 21.2. The number of ether oxygens (including phenoxy) is 2. The number of benzene rings is 2. The highest BCUT2D eigenvalue weighted by molar-refractivity contribution is 14.0. The van der Waals surface area contributed by atoms with Crippen molar-refractivity contribution in [2.75, 3.05) is 26.8 Å². The third kappa shape index (κ3) is 7.77. The van der Waals surface area contributed by atoms with Crippen molar-refractivity contribution in [2.45, 2.75) is 45.9 Å². The number of rotatable bonds is 8. The first kappa shape index (κ1) is 25.6. The Labute approximate surface area is 204 Å². The Kier molecular flexibility index (Phi) is 11.3. The molecule has 0 radical (unpaired) electrons. The number of nitrogens with zero attached hydrogens (tertiary/aromatic N) is 1. The molecule has 1 saturated heterocycles. The van der Waals surface area contributed by atoms with Gasteiger partial charge < -0.3 is 20.1 Å². The summed E-state index contributed by atoms with van der Waals surface area (Å²) in [7, 11) is 1.72. The van der Waals surface area contributed by atoms with Gasteiger partial charge in [0.2, 0.25) is 0 Å². The van der Waals surface area contributed by atoms with Crippen molar-refractivity contribution in [1.82, 2.24) is 10.6 Å². The minimum Gasteiger partial charge on any atom is -0.380 e. The molecule has 0 aliphatic carbocycles. The molecule has 1 aliphatic heterocycles. The fraction of sp³-hybridized carbons (Fsp3) is 0.480. The summed E-state index contributed by atoms with van der Waals surface area (Å²) < 4.78 is 11.5. The van der Waals surface area contributed by atoms with Crippen molar-refractivity contribution in [2.24, 2.45) is 10.9 Å². The van der Waals surface area contributed by atoms with Crippen LogP contribution in [0.3, 0.4) is 0 Å². The van der Waals surface area contributed by atoms with E-state index in [4.69, 9.17) is 14.5 Å². The Balaban J connectivity index is 0.00000341. The van der Waals surface area contributed by atoms with E-state index in [2.05, 4.69) is 66.9 Å². The predicted octanol–water partition coefficient (Wildman–Crippen LogP) is 4.98. The van der Waals surface area contributed by atoms with Crippen molar-refractivity contribution < 1.29 is 9.47 Å². The van der Waals surface area contributed by atoms with E-state index in [0.29, 0.717) is 19.1 Å². The maximum Gasteiger partial charge on any atom is 0.191 e. The predicted molar refractivity (Wildman–Crippen MR) is 138 cm³/mol. The second kappa shape index (κ2) is 13.7. The minimum absolute atomic E-state index is 0. The summed E-state index contributed by atoms with van der Waals surface area (Å²) >= 11 is 0. The van der Waals surface area contributed by atoms with E-state index in [1.165, 1.54) is 22.3 Å². The van der Waals surface area contributed by atoms with Gasteiger partial charge in [0.05, 0.1) is 19.3 Å². The van der Waals surface area contributed by atoms with E-state index in [-0.39, 0.29) is 30.1 Å². The van der Waals surface area contributed by atoms with Gasteiger partial charge >= 0.3 is 0 Å². The highest BCUT2D eigenvalue weighted by atomic mass is 127. The normalized spacial score (nSPS) is 18.9. The lowest BCUT2D eigenvalue weighted by atomic mass is 9.89. The van der Waals surface area contributed by atoms with Crippen LogP contribution in [0.4, 0.5) is 0 Å². The molecule has 1 fully saturated rings. The zero-order valence-electron chi connectivity index (χ0n) is 18.9. The standard InChI is InChI=1S/C25H35N3O2.HI/c1-4-26-25(27-16-21-8-5-6-9-23(21)18-29-3)28-17-22-10-7-15-30-24(22)20-13-11-19(2)12-14-20;/h5-6,8-9,11-14,22,24H,4,7,10,15-18H2,1-3H3,(H2,26,27,28);1H. The number of guanidine groups is 1. The molecule has 0 bridgehead atoms. The van der Waals surface area contributed by atoms with Crippen LogP contribution in [0, 0.1) is 12.8 Å². The number of aryl methyl sites for hydroxylation is 1. The molecule has 0 amide bonds. The Hall–Kier alpha value is -1.64. The summed E-state index contributed by atoms with van der Waals surface area (Å²) in [4.78, 5) is 4.82. The number of halogens is 1. The molecule has 6 heteroatoms. The monoisotopic (exact) mass is 537 g/mol. The van der Waals surface area contributed by atoms with Gasteiger partial charge in [-0.3, -0.25) is 0 Å². The maximum absolute atomic E-state index is 6.17. The van der Waals surface area contributed by atoms with Crippen LogP contribution in [0.1, 0.15) is 48.1 Å². The van der Waals surface area contributed by atoms with Gasteiger partial charge in [-0.1, -0.05) is 54.1 Å². The van der Waals surface area contributed by atoms with Gasteiger partial charge in [-0.05, 0) is 43.4 Å². The second-order valence-electron chi connectivity index (χ2n) is 7.88. The minimum atomic E-state index is 0. The van der Waals surface area contributed by atoms with Crippen LogP contribution in [-0.4, -0.2) is 32.8 Å². The van der Waals surface area contributed by atoms with Gasteiger partial charge in [-0.25, -0.2) is 4.99 Å². The Morgan fingerprint density at radius 1 is 1.10 bits per heavy atom. The van der Waals surface area contributed by atoms with Gasteiger partial charge in [-0.15, -0.1) is 24.0 Å². The molecule has 5 nitrogen and oxygen atoms in total. The third-order valence-corrected chi connectivity index (χ3v) is 5.55. The van der Waals surface area contributed by atoms with Crippen molar-refractivity contribution in [3.05, 3.63) is 70.8 Å². The largest absolute Gasteiger partial charge is 0.380 e. The molecule has 0 spiro atoms. The molecule has 0 aromatic heterocycles. The molecule has 2 atom stereocenters. The van der Waals surface area contributed by atoms with Crippen molar-refractivity contribution in [3.63, 3.8) is 0 Å². The maximum atomic E-state index is 6.17. The number of methoxy groups -OCH3 is 1. The molecule has 2 unspecified atom stereocenters. The average molecular weight is 537 g/mol. The van der Waals surface area contributed by atoms with Crippen LogP contribution in [-0.2, 0) is 22.6 Å². The highest BCUT2D eigenvalue weighted by Crippen LogP contribution is 2.33. The van der Waals surface area contributed by atoms with Gasteiger partial charge in [0.1, 0.15) is 0 Å². The topological polar surface area (TPSA) is 54.9 Å². The van der Waals surface area contributed by atoms with Crippen molar-refractivity contribution in [1.29, 1.82) is 0 Å². The SMILES string of the molecule is CCNC(=NCc1ccccc1COC)NCC1CCCOC1c1ccc(C)cc1.I.